The zero-order valence-electron chi connectivity index (χ0n) is 14.1. The summed E-state index contributed by atoms with van der Waals surface area (Å²) < 4.78 is 19.9. The Kier molecular flexibility index (Phi) is 5.47. The predicted molar refractivity (Wildman–Crippen MR) is 92.3 cm³/mol. The number of hydrogen-bond donors (Lipinski definition) is 0. The number of pyridine rings is 1. The molecule has 0 aliphatic carbocycles. The first-order valence-electron chi connectivity index (χ1n) is 8.08. The van der Waals surface area contributed by atoms with Gasteiger partial charge in [-0.25, -0.2) is 9.97 Å². The van der Waals surface area contributed by atoms with E-state index in [9.17, 15) is 9.18 Å². The van der Waals surface area contributed by atoms with Crippen molar-refractivity contribution in [1.29, 1.82) is 0 Å². The van der Waals surface area contributed by atoms with Crippen LogP contribution in [0.3, 0.4) is 0 Å². The van der Waals surface area contributed by atoms with E-state index in [4.69, 9.17) is 4.74 Å². The smallest absolute Gasteiger partial charge is 0.256 e. The van der Waals surface area contributed by atoms with Gasteiger partial charge in [0.2, 0.25) is 5.82 Å². The molecule has 132 valence electrons. The molecule has 3 rings (SSSR count). The van der Waals surface area contributed by atoms with Gasteiger partial charge < -0.3 is 9.64 Å². The third-order valence-corrected chi connectivity index (χ3v) is 4.78. The highest BCUT2D eigenvalue weighted by atomic mass is 32.2. The summed E-state index contributed by atoms with van der Waals surface area (Å²) in [5.41, 5.74) is 0.910. The third-order valence-electron chi connectivity index (χ3n) is 4.07. The fourth-order valence-electron chi connectivity index (χ4n) is 2.77. The molecule has 2 aromatic rings. The van der Waals surface area contributed by atoms with Gasteiger partial charge in [0.05, 0.1) is 17.8 Å². The van der Waals surface area contributed by atoms with Gasteiger partial charge in [-0.05, 0) is 24.8 Å². The molecule has 1 amide bonds. The second kappa shape index (κ2) is 7.77. The van der Waals surface area contributed by atoms with Crippen LogP contribution in [0.5, 0.6) is 5.88 Å². The van der Waals surface area contributed by atoms with Crippen LogP contribution in [-0.2, 0) is 6.42 Å². The standard InChI is InChI=1S/C17H19FN4O2S/c1-3-13-14(18)15(21-10-20-13)24-11-6-8-22(9-11)17(23)12-5-4-7-19-16(12)25-2/h4-5,7,10-11H,3,6,8-9H2,1-2H3. The number of halogens is 1. The maximum Gasteiger partial charge on any atom is 0.256 e. The first kappa shape index (κ1) is 17.6. The summed E-state index contributed by atoms with van der Waals surface area (Å²) in [6.45, 7) is 2.77. The van der Waals surface area contributed by atoms with Gasteiger partial charge >= 0.3 is 0 Å². The molecule has 3 heterocycles. The molecule has 1 aliphatic heterocycles. The molecular weight excluding hydrogens is 343 g/mol. The Labute approximate surface area is 149 Å². The number of aryl methyl sites for hydroxylation is 1. The van der Waals surface area contributed by atoms with Crippen molar-refractivity contribution < 1.29 is 13.9 Å². The van der Waals surface area contributed by atoms with E-state index in [1.54, 1.807) is 23.2 Å². The molecule has 1 saturated heterocycles. The van der Waals surface area contributed by atoms with Crippen molar-refractivity contribution in [2.45, 2.75) is 30.9 Å². The molecule has 0 radical (unpaired) electrons. The SMILES string of the molecule is CCc1ncnc(OC2CCN(C(=O)c3cccnc3SC)C2)c1F. The lowest BCUT2D eigenvalue weighted by Gasteiger charge is -2.18. The molecule has 0 saturated carbocycles. The Bertz CT molecular complexity index is 774. The summed E-state index contributed by atoms with van der Waals surface area (Å²) >= 11 is 1.44. The summed E-state index contributed by atoms with van der Waals surface area (Å²) in [7, 11) is 0. The number of rotatable bonds is 5. The van der Waals surface area contributed by atoms with E-state index >= 15 is 0 Å². The molecule has 8 heteroatoms. The van der Waals surface area contributed by atoms with Gasteiger partial charge in [-0.3, -0.25) is 4.79 Å². The molecule has 1 atom stereocenters. The van der Waals surface area contributed by atoms with Crippen molar-refractivity contribution in [1.82, 2.24) is 19.9 Å². The fourth-order valence-corrected chi connectivity index (χ4v) is 3.31. The fraction of sp³-hybridized carbons (Fsp3) is 0.412. The topological polar surface area (TPSA) is 68.2 Å². The van der Waals surface area contributed by atoms with Crippen molar-refractivity contribution >= 4 is 17.7 Å². The lowest BCUT2D eigenvalue weighted by molar-refractivity contribution is 0.0765. The highest BCUT2D eigenvalue weighted by Crippen LogP contribution is 2.24. The third kappa shape index (κ3) is 3.73. The van der Waals surface area contributed by atoms with Crippen molar-refractivity contribution in [2.75, 3.05) is 19.3 Å². The summed E-state index contributed by atoms with van der Waals surface area (Å²) in [5, 5.41) is 0.700. The number of ether oxygens (including phenoxy) is 1. The Morgan fingerprint density at radius 2 is 2.28 bits per heavy atom. The van der Waals surface area contributed by atoms with E-state index in [-0.39, 0.29) is 17.9 Å². The number of hydrogen-bond acceptors (Lipinski definition) is 6. The second-order valence-corrected chi connectivity index (χ2v) is 6.43. The number of nitrogens with zero attached hydrogens (tertiary/aromatic N) is 4. The van der Waals surface area contributed by atoms with Crippen LogP contribution in [0.2, 0.25) is 0 Å². The van der Waals surface area contributed by atoms with Crippen LogP contribution in [0.15, 0.2) is 29.7 Å². The molecule has 6 nitrogen and oxygen atoms in total. The zero-order chi connectivity index (χ0) is 17.8. The van der Waals surface area contributed by atoms with Gasteiger partial charge in [-0.1, -0.05) is 6.92 Å². The van der Waals surface area contributed by atoms with Gasteiger partial charge in [0.15, 0.2) is 0 Å². The summed E-state index contributed by atoms with van der Waals surface area (Å²) in [4.78, 5) is 26.4. The highest BCUT2D eigenvalue weighted by Gasteiger charge is 2.30. The molecule has 0 spiro atoms. The first-order chi connectivity index (χ1) is 12.1. The van der Waals surface area contributed by atoms with Crippen LogP contribution in [-0.4, -0.2) is 51.2 Å². The first-order valence-corrected chi connectivity index (χ1v) is 9.30. The Morgan fingerprint density at radius 3 is 3.04 bits per heavy atom. The largest absolute Gasteiger partial charge is 0.470 e. The van der Waals surface area contributed by atoms with Crippen LogP contribution in [0.25, 0.3) is 0 Å². The normalized spacial score (nSPS) is 16.9. The predicted octanol–water partition coefficient (Wildman–Crippen LogP) is 2.59. The van der Waals surface area contributed by atoms with Crippen LogP contribution in [0.4, 0.5) is 4.39 Å². The van der Waals surface area contributed by atoms with Crippen molar-refractivity contribution in [3.63, 3.8) is 0 Å². The van der Waals surface area contributed by atoms with E-state index in [0.29, 0.717) is 42.2 Å². The molecule has 0 bridgehead atoms. The van der Waals surface area contributed by atoms with Gasteiger partial charge in [0.1, 0.15) is 17.5 Å². The van der Waals surface area contributed by atoms with Crippen molar-refractivity contribution in [2.24, 2.45) is 0 Å². The molecule has 0 aromatic carbocycles. The minimum Gasteiger partial charge on any atom is -0.470 e. The number of thioether (sulfide) groups is 1. The highest BCUT2D eigenvalue weighted by molar-refractivity contribution is 7.98. The lowest BCUT2D eigenvalue weighted by atomic mass is 10.2. The maximum atomic E-state index is 14.2. The number of carbonyl (C=O) groups excluding carboxylic acids is 1. The van der Waals surface area contributed by atoms with E-state index in [2.05, 4.69) is 15.0 Å². The van der Waals surface area contributed by atoms with Gasteiger partial charge in [-0.15, -0.1) is 11.8 Å². The summed E-state index contributed by atoms with van der Waals surface area (Å²) in [5.74, 6) is -0.648. The Hall–Kier alpha value is -2.22. The average Bonchev–Trinajstić information content (AvgIpc) is 3.11. The minimum atomic E-state index is -0.522. The number of carbonyl (C=O) groups is 1. The Morgan fingerprint density at radius 1 is 1.44 bits per heavy atom. The van der Waals surface area contributed by atoms with Gasteiger partial charge in [0.25, 0.3) is 11.8 Å². The molecule has 25 heavy (non-hydrogen) atoms. The second-order valence-electron chi connectivity index (χ2n) is 5.63. The van der Waals surface area contributed by atoms with Crippen molar-refractivity contribution in [3.05, 3.63) is 41.7 Å². The van der Waals surface area contributed by atoms with E-state index in [1.807, 2.05) is 13.2 Å². The van der Waals surface area contributed by atoms with Crippen LogP contribution in [0, 0.1) is 5.82 Å². The van der Waals surface area contributed by atoms with E-state index in [0.717, 1.165) is 0 Å². The van der Waals surface area contributed by atoms with Crippen LogP contribution in [0.1, 0.15) is 29.4 Å². The Balaban J connectivity index is 1.69. The summed E-state index contributed by atoms with van der Waals surface area (Å²) in [6.07, 6.45) is 5.67. The van der Waals surface area contributed by atoms with E-state index in [1.165, 1.54) is 18.1 Å². The average molecular weight is 362 g/mol. The summed E-state index contributed by atoms with van der Waals surface area (Å²) in [6, 6.07) is 3.52. The molecular formula is C17H19FN4O2S. The van der Waals surface area contributed by atoms with Gasteiger partial charge in [-0.2, -0.15) is 9.37 Å². The molecule has 1 aliphatic rings. The van der Waals surface area contributed by atoms with Crippen molar-refractivity contribution in [3.8, 4) is 5.88 Å². The lowest BCUT2D eigenvalue weighted by Crippen LogP contribution is -2.31. The van der Waals surface area contributed by atoms with Crippen LogP contribution < -0.4 is 4.74 Å². The monoisotopic (exact) mass is 362 g/mol. The number of likely N-dealkylation sites (tertiary alicyclic amines) is 1. The molecule has 1 unspecified atom stereocenters. The van der Waals surface area contributed by atoms with Crippen LogP contribution >= 0.6 is 11.8 Å². The van der Waals surface area contributed by atoms with Gasteiger partial charge in [0, 0.05) is 19.2 Å². The number of amides is 1. The molecule has 2 aromatic heterocycles. The molecule has 1 fully saturated rings. The maximum absolute atomic E-state index is 14.2. The molecule has 0 N–H and O–H groups in total. The van der Waals surface area contributed by atoms with E-state index < -0.39 is 5.82 Å². The quantitative estimate of drug-likeness (QED) is 0.762. The minimum absolute atomic E-state index is 0.0441. The number of aromatic nitrogens is 3. The zero-order valence-corrected chi connectivity index (χ0v) is 14.9.